The van der Waals surface area contributed by atoms with Crippen LogP contribution in [0.4, 0.5) is 5.69 Å². The van der Waals surface area contributed by atoms with Crippen molar-refractivity contribution in [1.29, 1.82) is 0 Å². The van der Waals surface area contributed by atoms with Crippen molar-refractivity contribution < 1.29 is 4.79 Å². The molecular formula is C19H15Cl2N3O. The van der Waals surface area contributed by atoms with Gasteiger partial charge in [0.2, 0.25) is 0 Å². The Kier molecular flexibility index (Phi) is 4.24. The highest BCUT2D eigenvalue weighted by atomic mass is 35.5. The molecule has 1 amide bonds. The first-order chi connectivity index (χ1) is 12.1. The Balaban J connectivity index is 1.60. The Bertz CT molecular complexity index is 965. The number of halogens is 2. The SMILES string of the molecule is O=C(Nc1cccc(-c2cnc3n2CCC3)c1)c1ccc(Cl)cc1Cl. The molecule has 0 fully saturated rings. The van der Waals surface area contributed by atoms with Crippen molar-refractivity contribution in [3.05, 3.63) is 70.1 Å². The van der Waals surface area contributed by atoms with Gasteiger partial charge < -0.3 is 9.88 Å². The van der Waals surface area contributed by atoms with Gasteiger partial charge in [-0.2, -0.15) is 0 Å². The number of hydrogen-bond donors (Lipinski definition) is 1. The van der Waals surface area contributed by atoms with Gasteiger partial charge in [-0.05, 0) is 36.8 Å². The molecule has 0 saturated carbocycles. The number of anilines is 1. The summed E-state index contributed by atoms with van der Waals surface area (Å²) < 4.78 is 2.23. The molecule has 4 nitrogen and oxygen atoms in total. The van der Waals surface area contributed by atoms with Gasteiger partial charge in [0.15, 0.2) is 0 Å². The fourth-order valence-corrected chi connectivity index (χ4v) is 3.61. The number of rotatable bonds is 3. The fourth-order valence-electron chi connectivity index (χ4n) is 3.12. The van der Waals surface area contributed by atoms with E-state index in [4.69, 9.17) is 23.2 Å². The summed E-state index contributed by atoms with van der Waals surface area (Å²) in [7, 11) is 0. The molecular weight excluding hydrogens is 357 g/mol. The lowest BCUT2D eigenvalue weighted by atomic mass is 10.1. The second-order valence-electron chi connectivity index (χ2n) is 5.97. The number of fused-ring (bicyclic) bond motifs is 1. The summed E-state index contributed by atoms with van der Waals surface area (Å²) in [6.07, 6.45) is 4.04. The predicted molar refractivity (Wildman–Crippen MR) is 100 cm³/mol. The van der Waals surface area contributed by atoms with E-state index in [0.29, 0.717) is 21.3 Å². The van der Waals surface area contributed by atoms with E-state index >= 15 is 0 Å². The van der Waals surface area contributed by atoms with Crippen LogP contribution >= 0.6 is 23.2 Å². The van der Waals surface area contributed by atoms with E-state index in [1.54, 1.807) is 18.2 Å². The number of imidazole rings is 1. The quantitative estimate of drug-likeness (QED) is 0.699. The molecule has 1 aliphatic rings. The molecule has 0 saturated heterocycles. The third-order valence-electron chi connectivity index (χ3n) is 4.31. The first-order valence-corrected chi connectivity index (χ1v) is 8.78. The van der Waals surface area contributed by atoms with Crippen LogP contribution in [-0.4, -0.2) is 15.5 Å². The molecule has 0 spiro atoms. The summed E-state index contributed by atoms with van der Waals surface area (Å²) in [5.41, 5.74) is 3.21. The Labute approximate surface area is 155 Å². The Morgan fingerprint density at radius 2 is 2.04 bits per heavy atom. The average molecular weight is 372 g/mol. The summed E-state index contributed by atoms with van der Waals surface area (Å²) >= 11 is 12.0. The van der Waals surface area contributed by atoms with E-state index in [0.717, 1.165) is 36.5 Å². The van der Waals surface area contributed by atoms with E-state index in [9.17, 15) is 4.79 Å². The molecule has 0 bridgehead atoms. The molecule has 0 radical (unpaired) electrons. The van der Waals surface area contributed by atoms with Gasteiger partial charge in [-0.3, -0.25) is 4.79 Å². The number of hydrogen-bond acceptors (Lipinski definition) is 2. The van der Waals surface area contributed by atoms with Crippen molar-refractivity contribution in [2.24, 2.45) is 0 Å². The smallest absolute Gasteiger partial charge is 0.257 e. The number of benzene rings is 2. The van der Waals surface area contributed by atoms with Crippen LogP contribution in [0.3, 0.4) is 0 Å². The molecule has 1 N–H and O–H groups in total. The van der Waals surface area contributed by atoms with Gasteiger partial charge in [0.1, 0.15) is 5.82 Å². The first-order valence-electron chi connectivity index (χ1n) is 8.03. The molecule has 4 rings (SSSR count). The fraction of sp³-hybridized carbons (Fsp3) is 0.158. The Morgan fingerprint density at radius 1 is 1.16 bits per heavy atom. The van der Waals surface area contributed by atoms with Gasteiger partial charge in [0.25, 0.3) is 5.91 Å². The van der Waals surface area contributed by atoms with E-state index in [1.807, 2.05) is 30.5 Å². The molecule has 3 aromatic rings. The van der Waals surface area contributed by atoms with Crippen molar-refractivity contribution in [3.63, 3.8) is 0 Å². The largest absolute Gasteiger partial charge is 0.328 e. The van der Waals surface area contributed by atoms with Crippen LogP contribution in [0.25, 0.3) is 11.3 Å². The summed E-state index contributed by atoms with van der Waals surface area (Å²) in [6, 6.07) is 12.6. The zero-order chi connectivity index (χ0) is 17.4. The van der Waals surface area contributed by atoms with E-state index < -0.39 is 0 Å². The molecule has 1 aliphatic heterocycles. The number of aryl methyl sites for hydroxylation is 1. The minimum absolute atomic E-state index is 0.266. The van der Waals surface area contributed by atoms with Crippen LogP contribution in [0.15, 0.2) is 48.7 Å². The predicted octanol–water partition coefficient (Wildman–Crippen LogP) is 5.06. The normalized spacial score (nSPS) is 12.9. The topological polar surface area (TPSA) is 46.9 Å². The Morgan fingerprint density at radius 3 is 2.88 bits per heavy atom. The van der Waals surface area contributed by atoms with Gasteiger partial charge in [0, 0.05) is 29.2 Å². The van der Waals surface area contributed by atoms with Crippen LogP contribution in [0.5, 0.6) is 0 Å². The van der Waals surface area contributed by atoms with Gasteiger partial charge in [-0.15, -0.1) is 0 Å². The standard InChI is InChI=1S/C19H15Cl2N3O/c20-13-6-7-15(16(21)10-13)19(25)23-14-4-1-3-12(9-14)17-11-22-18-5-2-8-24(17)18/h1,3-4,6-7,9-11H,2,5,8H2,(H,23,25). The van der Waals surface area contributed by atoms with Gasteiger partial charge in [-0.25, -0.2) is 4.98 Å². The second kappa shape index (κ2) is 6.54. The van der Waals surface area contributed by atoms with Crippen LogP contribution in [0.1, 0.15) is 22.6 Å². The van der Waals surface area contributed by atoms with E-state index in [1.165, 1.54) is 0 Å². The highest BCUT2D eigenvalue weighted by Gasteiger charge is 2.17. The number of nitrogens with zero attached hydrogens (tertiary/aromatic N) is 2. The zero-order valence-corrected chi connectivity index (χ0v) is 14.8. The number of amides is 1. The minimum Gasteiger partial charge on any atom is -0.328 e. The molecule has 2 heterocycles. The summed E-state index contributed by atoms with van der Waals surface area (Å²) in [6.45, 7) is 0.988. The van der Waals surface area contributed by atoms with Crippen molar-refractivity contribution in [2.75, 3.05) is 5.32 Å². The molecule has 0 unspecified atom stereocenters. The first kappa shape index (κ1) is 16.2. The maximum Gasteiger partial charge on any atom is 0.257 e. The third kappa shape index (κ3) is 3.15. The van der Waals surface area contributed by atoms with Gasteiger partial charge in [0.05, 0.1) is 22.5 Å². The van der Waals surface area contributed by atoms with Crippen molar-refractivity contribution in [3.8, 4) is 11.3 Å². The molecule has 0 atom stereocenters. The third-order valence-corrected chi connectivity index (χ3v) is 4.86. The molecule has 2 aromatic carbocycles. The number of carbonyl (C=O) groups excluding carboxylic acids is 1. The minimum atomic E-state index is -0.266. The lowest BCUT2D eigenvalue weighted by Gasteiger charge is -2.10. The van der Waals surface area contributed by atoms with E-state index in [-0.39, 0.29) is 5.91 Å². The highest BCUT2D eigenvalue weighted by molar-refractivity contribution is 6.37. The molecule has 25 heavy (non-hydrogen) atoms. The average Bonchev–Trinajstić information content (AvgIpc) is 3.18. The monoisotopic (exact) mass is 371 g/mol. The van der Waals surface area contributed by atoms with E-state index in [2.05, 4.69) is 14.9 Å². The maximum atomic E-state index is 12.5. The molecule has 126 valence electrons. The van der Waals surface area contributed by atoms with Crippen LogP contribution < -0.4 is 5.32 Å². The molecule has 6 heteroatoms. The summed E-state index contributed by atoms with van der Waals surface area (Å²) in [4.78, 5) is 17.0. The van der Waals surface area contributed by atoms with Gasteiger partial charge in [-0.1, -0.05) is 35.3 Å². The van der Waals surface area contributed by atoms with Gasteiger partial charge >= 0.3 is 0 Å². The highest BCUT2D eigenvalue weighted by Crippen LogP contribution is 2.28. The number of aromatic nitrogens is 2. The van der Waals surface area contributed by atoms with Crippen LogP contribution in [0.2, 0.25) is 10.0 Å². The molecule has 0 aliphatic carbocycles. The number of nitrogens with one attached hydrogen (secondary N) is 1. The van der Waals surface area contributed by atoms with Crippen molar-refractivity contribution in [1.82, 2.24) is 9.55 Å². The second-order valence-corrected chi connectivity index (χ2v) is 6.82. The maximum absolute atomic E-state index is 12.5. The Hall–Kier alpha value is -2.30. The van der Waals surface area contributed by atoms with Crippen LogP contribution in [-0.2, 0) is 13.0 Å². The summed E-state index contributed by atoms with van der Waals surface area (Å²) in [5.74, 6) is 0.856. The van der Waals surface area contributed by atoms with Crippen molar-refractivity contribution >= 4 is 34.8 Å². The van der Waals surface area contributed by atoms with Crippen LogP contribution in [0, 0.1) is 0 Å². The lowest BCUT2D eigenvalue weighted by molar-refractivity contribution is 0.102. The number of carbonyl (C=O) groups is 1. The zero-order valence-electron chi connectivity index (χ0n) is 13.3. The summed E-state index contributed by atoms with van der Waals surface area (Å²) in [5, 5.41) is 3.72. The molecule has 1 aromatic heterocycles. The van der Waals surface area contributed by atoms with Crippen molar-refractivity contribution in [2.45, 2.75) is 19.4 Å². The lowest BCUT2D eigenvalue weighted by Crippen LogP contribution is -2.12.